The Morgan fingerprint density at radius 1 is 1.03 bits per heavy atom. The number of amides is 1. The molecular formula is C30H38FN3O. The predicted molar refractivity (Wildman–Crippen MR) is 141 cm³/mol. The summed E-state index contributed by atoms with van der Waals surface area (Å²) in [7, 11) is 0. The van der Waals surface area contributed by atoms with Gasteiger partial charge in [-0.25, -0.2) is 4.39 Å². The Hall–Kier alpha value is -2.66. The van der Waals surface area contributed by atoms with Crippen molar-refractivity contribution < 1.29 is 9.18 Å². The van der Waals surface area contributed by atoms with Crippen LogP contribution in [0.15, 0.2) is 48.5 Å². The Kier molecular flexibility index (Phi) is 6.97. The SMILES string of the molecule is Cc1c(Cc2ccc(C(N)=O)cc2)c2ccccc2n1CC1CCN(CC2(F)CCCCC2)CC1. The summed E-state index contributed by atoms with van der Waals surface area (Å²) in [5.74, 6) is 0.223. The van der Waals surface area contributed by atoms with Crippen molar-refractivity contribution in [2.24, 2.45) is 11.7 Å². The van der Waals surface area contributed by atoms with Gasteiger partial charge in [-0.15, -0.1) is 0 Å². The van der Waals surface area contributed by atoms with E-state index in [9.17, 15) is 4.79 Å². The summed E-state index contributed by atoms with van der Waals surface area (Å²) in [5.41, 5.74) is 10.1. The summed E-state index contributed by atoms with van der Waals surface area (Å²) in [6.07, 6.45) is 7.87. The minimum atomic E-state index is -0.956. The number of rotatable bonds is 7. The van der Waals surface area contributed by atoms with Crippen molar-refractivity contribution in [3.8, 4) is 0 Å². The Bertz CT molecular complexity index is 1170. The molecule has 0 atom stereocenters. The highest BCUT2D eigenvalue weighted by atomic mass is 19.1. The first-order valence-corrected chi connectivity index (χ1v) is 13.3. The molecule has 0 spiro atoms. The fraction of sp³-hybridized carbons (Fsp3) is 0.500. The number of primary amides is 1. The van der Waals surface area contributed by atoms with E-state index in [0.29, 0.717) is 18.0 Å². The second kappa shape index (κ2) is 10.1. The molecule has 1 saturated heterocycles. The van der Waals surface area contributed by atoms with Gasteiger partial charge in [0, 0.05) is 35.2 Å². The number of alkyl halides is 1. The van der Waals surface area contributed by atoms with Gasteiger partial charge in [0.2, 0.25) is 5.91 Å². The van der Waals surface area contributed by atoms with E-state index in [4.69, 9.17) is 5.73 Å². The van der Waals surface area contributed by atoms with E-state index in [2.05, 4.69) is 40.7 Å². The van der Waals surface area contributed by atoms with E-state index in [-0.39, 0.29) is 0 Å². The van der Waals surface area contributed by atoms with Gasteiger partial charge in [0.1, 0.15) is 5.67 Å². The van der Waals surface area contributed by atoms with Crippen molar-refractivity contribution in [1.82, 2.24) is 9.47 Å². The lowest BCUT2D eigenvalue weighted by Gasteiger charge is -2.38. The lowest BCUT2D eigenvalue weighted by Crippen LogP contribution is -2.45. The number of halogens is 1. The molecule has 186 valence electrons. The van der Waals surface area contributed by atoms with E-state index in [1.165, 1.54) is 34.1 Å². The van der Waals surface area contributed by atoms with Crippen molar-refractivity contribution in [2.75, 3.05) is 19.6 Å². The summed E-state index contributed by atoms with van der Waals surface area (Å²) in [4.78, 5) is 13.8. The molecule has 2 fully saturated rings. The van der Waals surface area contributed by atoms with Gasteiger partial charge in [-0.05, 0) is 87.4 Å². The molecule has 2 aromatic carbocycles. The van der Waals surface area contributed by atoms with E-state index < -0.39 is 11.6 Å². The Morgan fingerprint density at radius 3 is 2.40 bits per heavy atom. The van der Waals surface area contributed by atoms with Crippen molar-refractivity contribution in [1.29, 1.82) is 0 Å². The van der Waals surface area contributed by atoms with Crippen LogP contribution in [-0.2, 0) is 13.0 Å². The summed E-state index contributed by atoms with van der Waals surface area (Å²) < 4.78 is 17.7. The molecule has 0 unspecified atom stereocenters. The Balaban J connectivity index is 1.28. The molecule has 2 N–H and O–H groups in total. The standard InChI is InChI=1S/C30H38FN3O/c1-22-27(19-23-9-11-25(12-10-23)29(32)35)26-7-3-4-8-28(26)34(22)20-24-13-17-33(18-14-24)21-30(31)15-5-2-6-16-30/h3-4,7-12,24H,2,5-6,13-21H2,1H3,(H2,32,35). The number of para-hydroxylation sites is 1. The molecule has 1 amide bonds. The van der Waals surface area contributed by atoms with Crippen LogP contribution in [0.3, 0.4) is 0 Å². The fourth-order valence-electron chi connectivity index (χ4n) is 6.28. The monoisotopic (exact) mass is 475 g/mol. The zero-order chi connectivity index (χ0) is 24.4. The number of carbonyl (C=O) groups is 1. The summed E-state index contributed by atoms with van der Waals surface area (Å²) in [6, 6.07) is 16.3. The van der Waals surface area contributed by atoms with Gasteiger partial charge < -0.3 is 15.2 Å². The lowest BCUT2D eigenvalue weighted by atomic mass is 9.85. The normalized spacial score (nSPS) is 19.3. The first-order valence-electron chi connectivity index (χ1n) is 13.3. The molecule has 1 aromatic heterocycles. The number of nitrogens with zero attached hydrogens (tertiary/aromatic N) is 2. The Morgan fingerprint density at radius 2 is 1.71 bits per heavy atom. The highest BCUT2D eigenvalue weighted by Crippen LogP contribution is 2.34. The van der Waals surface area contributed by atoms with Gasteiger partial charge in [-0.2, -0.15) is 0 Å². The van der Waals surface area contributed by atoms with E-state index in [1.54, 1.807) is 0 Å². The number of nitrogens with two attached hydrogens (primary N) is 1. The number of hydrogen-bond acceptors (Lipinski definition) is 2. The molecule has 1 saturated carbocycles. The van der Waals surface area contributed by atoms with Crippen LogP contribution in [-0.4, -0.2) is 40.7 Å². The van der Waals surface area contributed by atoms with Crippen LogP contribution in [0, 0.1) is 12.8 Å². The third-order valence-corrected chi connectivity index (χ3v) is 8.39. The van der Waals surface area contributed by atoms with E-state index >= 15 is 4.39 Å². The predicted octanol–water partition coefficient (Wildman–Crippen LogP) is 6.02. The molecule has 1 aliphatic heterocycles. The van der Waals surface area contributed by atoms with Crippen molar-refractivity contribution in [3.05, 3.63) is 70.9 Å². The smallest absolute Gasteiger partial charge is 0.248 e. The topological polar surface area (TPSA) is 51.3 Å². The Labute approximate surface area is 208 Å². The molecular weight excluding hydrogens is 437 g/mol. The van der Waals surface area contributed by atoms with Crippen LogP contribution in [0.5, 0.6) is 0 Å². The van der Waals surface area contributed by atoms with Crippen LogP contribution in [0.25, 0.3) is 10.9 Å². The molecule has 2 aliphatic rings. The van der Waals surface area contributed by atoms with Crippen LogP contribution in [0.4, 0.5) is 4.39 Å². The summed E-state index contributed by atoms with van der Waals surface area (Å²) >= 11 is 0. The lowest BCUT2D eigenvalue weighted by molar-refractivity contribution is 0.0394. The van der Waals surface area contributed by atoms with E-state index in [0.717, 1.165) is 64.6 Å². The molecule has 35 heavy (non-hydrogen) atoms. The van der Waals surface area contributed by atoms with Gasteiger partial charge >= 0.3 is 0 Å². The third-order valence-electron chi connectivity index (χ3n) is 8.39. The quantitative estimate of drug-likeness (QED) is 0.454. The van der Waals surface area contributed by atoms with Gasteiger partial charge in [0.05, 0.1) is 0 Å². The van der Waals surface area contributed by atoms with Gasteiger partial charge in [0.25, 0.3) is 0 Å². The molecule has 5 heteroatoms. The van der Waals surface area contributed by atoms with E-state index in [1.807, 2.05) is 24.3 Å². The molecule has 5 rings (SSSR count). The fourth-order valence-corrected chi connectivity index (χ4v) is 6.28. The zero-order valence-electron chi connectivity index (χ0n) is 20.9. The number of hydrogen-bond donors (Lipinski definition) is 1. The maximum absolute atomic E-state index is 15.2. The van der Waals surface area contributed by atoms with Crippen molar-refractivity contribution in [2.45, 2.75) is 70.5 Å². The van der Waals surface area contributed by atoms with Gasteiger partial charge in [-0.1, -0.05) is 49.6 Å². The van der Waals surface area contributed by atoms with Crippen LogP contribution >= 0.6 is 0 Å². The number of carbonyl (C=O) groups excluding carboxylic acids is 1. The number of aromatic nitrogens is 1. The number of fused-ring (bicyclic) bond motifs is 1. The molecule has 4 nitrogen and oxygen atoms in total. The maximum atomic E-state index is 15.2. The molecule has 3 aromatic rings. The summed E-state index contributed by atoms with van der Waals surface area (Å²) in [5, 5.41) is 1.30. The average Bonchev–Trinajstić information content (AvgIpc) is 3.12. The second-order valence-electron chi connectivity index (χ2n) is 10.9. The highest BCUT2D eigenvalue weighted by Gasteiger charge is 2.35. The van der Waals surface area contributed by atoms with Crippen molar-refractivity contribution in [3.63, 3.8) is 0 Å². The molecule has 0 bridgehead atoms. The zero-order valence-corrected chi connectivity index (χ0v) is 20.9. The van der Waals surface area contributed by atoms with Crippen molar-refractivity contribution >= 4 is 16.8 Å². The number of benzene rings is 2. The molecule has 1 aliphatic carbocycles. The minimum Gasteiger partial charge on any atom is -0.366 e. The van der Waals surface area contributed by atoms with Crippen LogP contribution in [0.1, 0.15) is 72.1 Å². The summed E-state index contributed by atoms with van der Waals surface area (Å²) in [6.45, 7) is 5.89. The molecule has 2 heterocycles. The first kappa shape index (κ1) is 24.1. The van der Waals surface area contributed by atoms with Crippen LogP contribution in [0.2, 0.25) is 0 Å². The van der Waals surface area contributed by atoms with Gasteiger partial charge in [0.15, 0.2) is 0 Å². The van der Waals surface area contributed by atoms with Gasteiger partial charge in [-0.3, -0.25) is 4.79 Å². The number of likely N-dealkylation sites (tertiary alicyclic amines) is 1. The third kappa shape index (κ3) is 5.30. The highest BCUT2D eigenvalue weighted by molar-refractivity contribution is 5.92. The average molecular weight is 476 g/mol. The first-order chi connectivity index (χ1) is 16.9. The largest absolute Gasteiger partial charge is 0.366 e. The second-order valence-corrected chi connectivity index (χ2v) is 10.9. The maximum Gasteiger partial charge on any atom is 0.248 e. The molecule has 0 radical (unpaired) electrons. The van der Waals surface area contributed by atoms with Crippen LogP contribution < -0.4 is 5.73 Å². The minimum absolute atomic E-state index is 0.393. The number of piperidine rings is 1.